The van der Waals surface area contributed by atoms with Crippen LogP contribution in [0.1, 0.15) is 32.6 Å². The summed E-state index contributed by atoms with van der Waals surface area (Å²) in [4.78, 5) is 0. The predicted molar refractivity (Wildman–Crippen MR) is 146 cm³/mol. The molecule has 1 aliphatic heterocycles. The van der Waals surface area contributed by atoms with Crippen molar-refractivity contribution in [2.75, 3.05) is 26.5 Å². The van der Waals surface area contributed by atoms with Gasteiger partial charge in [-0.05, 0) is 61.4 Å². The summed E-state index contributed by atoms with van der Waals surface area (Å²) in [6.45, 7) is 4.20. The average Bonchev–Trinajstić information content (AvgIpc) is 3.51. The Morgan fingerprint density at radius 1 is 1.09 bits per heavy atom. The fraction of sp³-hybridized carbons (Fsp3) is 0.429. The van der Waals surface area contributed by atoms with Crippen molar-refractivity contribution in [3.63, 3.8) is 0 Å². The maximum atomic E-state index is 5.54. The zero-order chi connectivity index (χ0) is 23.0. The van der Waals surface area contributed by atoms with Crippen LogP contribution in [-0.4, -0.2) is 48.9 Å². The fourth-order valence-electron chi connectivity index (χ4n) is 5.07. The van der Waals surface area contributed by atoms with Crippen molar-refractivity contribution in [2.24, 2.45) is 0 Å². The molecule has 4 rings (SSSR count). The second-order valence-electron chi connectivity index (χ2n) is 8.75. The van der Waals surface area contributed by atoms with E-state index in [4.69, 9.17) is 4.74 Å². The maximum Gasteiger partial charge on any atom is 0.0632 e. The van der Waals surface area contributed by atoms with Gasteiger partial charge in [-0.3, -0.25) is 0 Å². The Balaban J connectivity index is 1.75. The van der Waals surface area contributed by atoms with E-state index in [0.29, 0.717) is 17.3 Å². The number of nitrogens with zero attached hydrogens (tertiary/aromatic N) is 1. The predicted octanol–water partition coefficient (Wildman–Crippen LogP) is 5.46. The van der Waals surface area contributed by atoms with Crippen LogP contribution < -0.4 is 16.0 Å². The number of hydrogen-bond acceptors (Lipinski definition) is 4. The first-order valence-electron chi connectivity index (χ1n) is 12.1. The van der Waals surface area contributed by atoms with Crippen LogP contribution in [0.3, 0.4) is 0 Å². The maximum absolute atomic E-state index is 5.54. The van der Waals surface area contributed by atoms with E-state index in [-0.39, 0.29) is 0 Å². The normalized spacial score (nSPS) is 20.7. The van der Waals surface area contributed by atoms with Gasteiger partial charge in [0, 0.05) is 24.9 Å². The van der Waals surface area contributed by atoms with Gasteiger partial charge in [-0.2, -0.15) is 11.8 Å². The third-order valence-corrected chi connectivity index (χ3v) is 10.5. The molecule has 1 N–H and O–H groups in total. The van der Waals surface area contributed by atoms with Gasteiger partial charge in [0.25, 0.3) is 0 Å². The van der Waals surface area contributed by atoms with Gasteiger partial charge in [-0.25, -0.2) is 10.4 Å². The van der Waals surface area contributed by atoms with Gasteiger partial charge >= 0.3 is 0 Å². The minimum Gasteiger partial charge on any atom is -0.383 e. The monoisotopic (exact) mass is 480 g/mol. The van der Waals surface area contributed by atoms with Crippen LogP contribution >= 0.6 is 19.7 Å². The van der Waals surface area contributed by atoms with Crippen LogP contribution in [0, 0.1) is 0 Å². The molecular weight excluding hydrogens is 443 g/mol. The Labute approximate surface area is 205 Å². The molecule has 3 nitrogen and oxygen atoms in total. The van der Waals surface area contributed by atoms with Crippen LogP contribution in [0.25, 0.3) is 0 Å². The number of methoxy groups -OCH3 is 1. The van der Waals surface area contributed by atoms with Crippen LogP contribution in [0.4, 0.5) is 0 Å². The summed E-state index contributed by atoms with van der Waals surface area (Å²) in [6.07, 6.45) is 11.7. The van der Waals surface area contributed by atoms with Crippen molar-refractivity contribution in [3.05, 3.63) is 83.7 Å². The van der Waals surface area contributed by atoms with E-state index >= 15 is 0 Å². The molecule has 33 heavy (non-hydrogen) atoms. The quantitative estimate of drug-likeness (QED) is 0.432. The second kappa shape index (κ2) is 12.3. The lowest BCUT2D eigenvalue weighted by Gasteiger charge is -2.35. The highest BCUT2D eigenvalue weighted by Crippen LogP contribution is 2.50. The summed E-state index contributed by atoms with van der Waals surface area (Å²) in [5.74, 6) is 0. The highest BCUT2D eigenvalue weighted by molar-refractivity contribution is 7.99. The Morgan fingerprint density at radius 2 is 1.76 bits per heavy atom. The Bertz CT molecular complexity index is 890. The van der Waals surface area contributed by atoms with Gasteiger partial charge in [0.15, 0.2) is 0 Å². The summed E-state index contributed by atoms with van der Waals surface area (Å²) in [7, 11) is 1.25. The molecule has 0 radical (unpaired) electrons. The van der Waals surface area contributed by atoms with Crippen molar-refractivity contribution < 1.29 is 4.74 Å². The van der Waals surface area contributed by atoms with Crippen LogP contribution in [0.15, 0.2) is 83.7 Å². The zero-order valence-corrected chi connectivity index (χ0v) is 21.8. The van der Waals surface area contributed by atoms with Gasteiger partial charge < -0.3 is 4.74 Å². The molecule has 1 heterocycles. The summed E-state index contributed by atoms with van der Waals surface area (Å²) < 4.78 is 5.54. The van der Waals surface area contributed by atoms with Crippen molar-refractivity contribution in [2.45, 2.75) is 49.9 Å². The fourth-order valence-corrected chi connectivity index (χ4v) is 8.51. The largest absolute Gasteiger partial charge is 0.383 e. The van der Waals surface area contributed by atoms with Crippen molar-refractivity contribution in [1.82, 2.24) is 10.4 Å². The molecular formula is C28H37N2OPS. The molecule has 2 aromatic rings. The first-order valence-corrected chi connectivity index (χ1v) is 14.7. The van der Waals surface area contributed by atoms with Gasteiger partial charge in [0.2, 0.25) is 0 Å². The topological polar surface area (TPSA) is 24.5 Å². The lowest BCUT2D eigenvalue weighted by Crippen LogP contribution is -2.52. The minimum absolute atomic E-state index is 0.300. The lowest BCUT2D eigenvalue weighted by atomic mass is 10.0. The SMILES string of the molecule is CCC(SC)C(NN1CCCC1COC)C1=C(P(c2ccccc2)c2ccccc2)CC=C1. The molecule has 1 aliphatic carbocycles. The molecule has 176 valence electrons. The zero-order valence-electron chi connectivity index (χ0n) is 20.1. The van der Waals surface area contributed by atoms with E-state index < -0.39 is 7.92 Å². The summed E-state index contributed by atoms with van der Waals surface area (Å²) in [5, 5.41) is 7.45. The van der Waals surface area contributed by atoms with E-state index in [2.05, 4.69) is 96.4 Å². The van der Waals surface area contributed by atoms with Crippen LogP contribution in [-0.2, 0) is 4.74 Å². The molecule has 1 fully saturated rings. The van der Waals surface area contributed by atoms with Gasteiger partial charge in [-0.15, -0.1) is 0 Å². The van der Waals surface area contributed by atoms with Crippen molar-refractivity contribution >= 4 is 30.3 Å². The van der Waals surface area contributed by atoms with Crippen LogP contribution in [0.2, 0.25) is 0 Å². The Kier molecular flexibility index (Phi) is 9.23. The summed E-state index contributed by atoms with van der Waals surface area (Å²) in [5.41, 5.74) is 5.51. The van der Waals surface area contributed by atoms with E-state index in [9.17, 15) is 0 Å². The number of thioether (sulfide) groups is 1. The smallest absolute Gasteiger partial charge is 0.0632 e. The molecule has 2 aromatic carbocycles. The highest BCUT2D eigenvalue weighted by Gasteiger charge is 2.34. The molecule has 3 unspecified atom stereocenters. The molecule has 2 aliphatic rings. The molecule has 0 bridgehead atoms. The number of ether oxygens (including phenoxy) is 1. The van der Waals surface area contributed by atoms with Crippen molar-refractivity contribution in [3.8, 4) is 0 Å². The van der Waals surface area contributed by atoms with Crippen molar-refractivity contribution in [1.29, 1.82) is 0 Å². The first kappa shape index (κ1) is 24.7. The standard InChI is InChI=1S/C28H37N2OPS/c1-4-27(33-3)28(29-30-20-12-13-22(30)21-31-2)25-18-11-19-26(25)32(23-14-7-5-8-15-23)24-16-9-6-10-17-24/h5-11,14-18,22,27-29H,4,12-13,19-21H2,1-3H3. The number of hydrogen-bond donors (Lipinski definition) is 1. The number of hydrazine groups is 1. The number of rotatable bonds is 11. The van der Waals surface area contributed by atoms with Gasteiger partial charge in [0.1, 0.15) is 0 Å². The van der Waals surface area contributed by atoms with Gasteiger partial charge in [0.05, 0.1) is 12.6 Å². The molecule has 0 saturated carbocycles. The van der Waals surface area contributed by atoms with E-state index in [0.717, 1.165) is 26.0 Å². The van der Waals surface area contributed by atoms with Crippen LogP contribution in [0.5, 0.6) is 0 Å². The average molecular weight is 481 g/mol. The summed E-state index contributed by atoms with van der Waals surface area (Å²) in [6, 6.07) is 23.0. The first-order chi connectivity index (χ1) is 16.3. The summed E-state index contributed by atoms with van der Waals surface area (Å²) >= 11 is 1.99. The number of allylic oxidation sites excluding steroid dienone is 2. The highest BCUT2D eigenvalue weighted by atomic mass is 32.2. The molecule has 3 atom stereocenters. The third kappa shape index (κ3) is 5.81. The van der Waals surface area contributed by atoms with Gasteiger partial charge in [-0.1, -0.05) is 79.7 Å². The van der Waals surface area contributed by atoms with E-state index in [1.54, 1.807) is 5.31 Å². The Hall–Kier alpha value is -1.42. The second-order valence-corrected chi connectivity index (χ2v) is 12.1. The van der Waals surface area contributed by atoms with E-state index in [1.807, 2.05) is 18.9 Å². The molecule has 0 spiro atoms. The molecule has 0 aromatic heterocycles. The van der Waals surface area contributed by atoms with E-state index in [1.165, 1.54) is 29.0 Å². The number of nitrogens with one attached hydrogen (secondary N) is 1. The lowest BCUT2D eigenvalue weighted by molar-refractivity contribution is 0.0751. The molecule has 0 amide bonds. The minimum atomic E-state index is -0.570. The third-order valence-electron chi connectivity index (χ3n) is 6.69. The molecule has 5 heteroatoms. The number of benzene rings is 2. The Morgan fingerprint density at radius 3 is 2.33 bits per heavy atom. The molecule has 1 saturated heterocycles.